The highest BCUT2D eigenvalue weighted by Gasteiger charge is 2.23. The second-order valence-corrected chi connectivity index (χ2v) is 9.28. The first-order valence-electron chi connectivity index (χ1n) is 11.2. The largest absolute Gasteiger partial charge is 0.386 e. The van der Waals surface area contributed by atoms with Crippen LogP contribution in [0.15, 0.2) is 36.4 Å². The molecule has 1 aliphatic heterocycles. The molecule has 1 N–H and O–H groups in total. The summed E-state index contributed by atoms with van der Waals surface area (Å²) in [5.41, 5.74) is 2.87. The first kappa shape index (κ1) is 22.4. The van der Waals surface area contributed by atoms with Gasteiger partial charge in [-0.25, -0.2) is 4.98 Å². The van der Waals surface area contributed by atoms with E-state index in [1.165, 1.54) is 0 Å². The van der Waals surface area contributed by atoms with E-state index in [1.54, 1.807) is 45.2 Å². The lowest BCUT2D eigenvalue weighted by molar-refractivity contribution is 0.0784. The Morgan fingerprint density at radius 2 is 1.88 bits per heavy atom. The molecule has 170 valence electrons. The fourth-order valence-corrected chi connectivity index (χ4v) is 4.33. The molecule has 0 amide bonds. The summed E-state index contributed by atoms with van der Waals surface area (Å²) in [6.45, 7) is 8.08. The zero-order valence-electron chi connectivity index (χ0n) is 19.3. The number of fused-ring (bicyclic) bond motifs is 1. The molecule has 2 aromatic heterocycles. The van der Waals surface area contributed by atoms with Crippen molar-refractivity contribution in [2.45, 2.75) is 45.6 Å². The molecule has 0 bridgehead atoms. The Morgan fingerprint density at radius 3 is 2.50 bits per heavy atom. The predicted octanol–water partition coefficient (Wildman–Crippen LogP) is 3.55. The zero-order chi connectivity index (χ0) is 22.9. The Balaban J connectivity index is 1.57. The molecule has 1 aromatic carbocycles. The molecule has 1 aliphatic rings. The van der Waals surface area contributed by atoms with Crippen LogP contribution < -0.4 is 4.90 Å². The average Bonchev–Trinajstić information content (AvgIpc) is 3.13. The lowest BCUT2D eigenvalue weighted by atomic mass is 9.96. The molecule has 32 heavy (non-hydrogen) atoms. The van der Waals surface area contributed by atoms with Crippen molar-refractivity contribution in [2.24, 2.45) is 5.92 Å². The quantitative estimate of drug-likeness (QED) is 0.571. The van der Waals surface area contributed by atoms with Gasteiger partial charge in [0.15, 0.2) is 11.4 Å². The monoisotopic (exact) mass is 436 g/mol. The van der Waals surface area contributed by atoms with Gasteiger partial charge in [0.1, 0.15) is 5.82 Å². The van der Waals surface area contributed by atoms with Gasteiger partial charge < -0.3 is 14.7 Å². The van der Waals surface area contributed by atoms with Crippen LogP contribution in [-0.4, -0.2) is 52.3 Å². The Bertz CT molecular complexity index is 1090. The lowest BCUT2D eigenvalue weighted by Gasteiger charge is -2.33. The van der Waals surface area contributed by atoms with Crippen molar-refractivity contribution in [1.82, 2.24) is 14.6 Å². The molecule has 1 saturated heterocycles. The van der Waals surface area contributed by atoms with Crippen LogP contribution in [0, 0.1) is 12.8 Å². The Hall–Kier alpha value is -2.77. The summed E-state index contributed by atoms with van der Waals surface area (Å²) in [6.07, 6.45) is 2.36. The van der Waals surface area contributed by atoms with E-state index in [9.17, 15) is 9.90 Å². The third-order valence-corrected chi connectivity index (χ3v) is 6.18. The first-order valence-corrected chi connectivity index (χ1v) is 11.2. The predicted molar refractivity (Wildman–Crippen MR) is 124 cm³/mol. The standard InChI is InChI=1S/C25H32N4O3/c1-17-13-23-26-21(14-22(30)19-5-7-20(8-6-19)25(2,3)31)15-24(29(23)27-17)28-11-9-18(10-12-28)16-32-4/h5-8,13,15,18,31H,9-12,14,16H2,1-4H3. The molecule has 0 radical (unpaired) electrons. The highest BCUT2D eigenvalue weighted by molar-refractivity contribution is 5.97. The fraction of sp³-hybridized carbons (Fsp3) is 0.480. The number of ether oxygens (including phenoxy) is 1. The van der Waals surface area contributed by atoms with Gasteiger partial charge in [0, 0.05) is 44.5 Å². The maximum atomic E-state index is 13.0. The number of hydrogen-bond acceptors (Lipinski definition) is 6. The maximum absolute atomic E-state index is 13.0. The SMILES string of the molecule is COCC1CCN(c2cc(CC(=O)c3ccc(C(C)(C)O)cc3)nc3cc(C)nn23)CC1. The summed E-state index contributed by atoms with van der Waals surface area (Å²) in [7, 11) is 1.76. The Morgan fingerprint density at radius 1 is 1.19 bits per heavy atom. The van der Waals surface area contributed by atoms with Crippen LogP contribution >= 0.6 is 0 Å². The summed E-state index contributed by atoms with van der Waals surface area (Å²) in [4.78, 5) is 20.0. The Kier molecular flexibility index (Phi) is 6.31. The second kappa shape index (κ2) is 9.00. The molecule has 0 unspecified atom stereocenters. The normalized spacial score (nSPS) is 15.5. The van der Waals surface area contributed by atoms with Gasteiger partial charge in [-0.3, -0.25) is 4.79 Å². The van der Waals surface area contributed by atoms with Crippen molar-refractivity contribution in [2.75, 3.05) is 31.7 Å². The zero-order valence-corrected chi connectivity index (χ0v) is 19.3. The highest BCUT2D eigenvalue weighted by atomic mass is 16.5. The number of methoxy groups -OCH3 is 1. The minimum absolute atomic E-state index is 0.00476. The minimum Gasteiger partial charge on any atom is -0.386 e. The third kappa shape index (κ3) is 4.84. The molecule has 0 spiro atoms. The minimum atomic E-state index is -0.931. The fourth-order valence-electron chi connectivity index (χ4n) is 4.33. The van der Waals surface area contributed by atoms with Crippen molar-refractivity contribution >= 4 is 17.2 Å². The number of carbonyl (C=O) groups excluding carboxylic acids is 1. The third-order valence-electron chi connectivity index (χ3n) is 6.18. The van der Waals surface area contributed by atoms with E-state index in [-0.39, 0.29) is 12.2 Å². The number of hydrogen-bond donors (Lipinski definition) is 1. The average molecular weight is 437 g/mol. The van der Waals surface area contributed by atoms with Gasteiger partial charge in [-0.05, 0) is 45.1 Å². The van der Waals surface area contributed by atoms with E-state index in [1.807, 2.05) is 23.6 Å². The number of anilines is 1. The first-order chi connectivity index (χ1) is 15.2. The maximum Gasteiger partial charge on any atom is 0.168 e. The van der Waals surface area contributed by atoms with Crippen molar-refractivity contribution in [1.29, 1.82) is 0 Å². The topological polar surface area (TPSA) is 80.0 Å². The molecule has 0 atom stereocenters. The van der Waals surface area contributed by atoms with E-state index in [4.69, 9.17) is 9.72 Å². The number of aryl methyl sites for hydroxylation is 1. The molecule has 4 rings (SSSR count). The van der Waals surface area contributed by atoms with E-state index in [2.05, 4.69) is 10.00 Å². The van der Waals surface area contributed by atoms with Crippen LogP contribution in [0.5, 0.6) is 0 Å². The number of aromatic nitrogens is 3. The molecule has 0 aliphatic carbocycles. The summed E-state index contributed by atoms with van der Waals surface area (Å²) in [6, 6.07) is 11.1. The molecule has 0 saturated carbocycles. The van der Waals surface area contributed by atoms with Crippen molar-refractivity contribution in [3.63, 3.8) is 0 Å². The number of Topliss-reactive ketones (excluding diaryl/α,β-unsaturated/α-hetero) is 1. The number of nitrogens with zero attached hydrogens (tertiary/aromatic N) is 4. The van der Waals surface area contributed by atoms with Crippen LogP contribution in [-0.2, 0) is 16.8 Å². The van der Waals surface area contributed by atoms with Crippen molar-refractivity contribution in [3.8, 4) is 0 Å². The second-order valence-electron chi connectivity index (χ2n) is 9.28. The summed E-state index contributed by atoms with van der Waals surface area (Å²) in [5, 5.41) is 14.8. The molecule has 3 heterocycles. The Labute approximate surface area is 189 Å². The number of ketones is 1. The number of carbonyl (C=O) groups is 1. The van der Waals surface area contributed by atoms with Gasteiger partial charge >= 0.3 is 0 Å². The van der Waals surface area contributed by atoms with E-state index < -0.39 is 5.60 Å². The molecule has 7 nitrogen and oxygen atoms in total. The molecule has 1 fully saturated rings. The van der Waals surface area contributed by atoms with E-state index in [0.29, 0.717) is 11.5 Å². The van der Waals surface area contributed by atoms with E-state index >= 15 is 0 Å². The number of rotatable bonds is 7. The van der Waals surface area contributed by atoms with Crippen LogP contribution in [0.2, 0.25) is 0 Å². The van der Waals surface area contributed by atoms with Crippen molar-refractivity contribution in [3.05, 3.63) is 58.9 Å². The van der Waals surface area contributed by atoms with Crippen molar-refractivity contribution < 1.29 is 14.6 Å². The lowest BCUT2D eigenvalue weighted by Crippen LogP contribution is -2.36. The van der Waals surface area contributed by atoms with Crippen LogP contribution in [0.3, 0.4) is 0 Å². The van der Waals surface area contributed by atoms with Gasteiger partial charge in [-0.1, -0.05) is 24.3 Å². The number of piperidine rings is 1. The molecule has 3 aromatic rings. The summed E-state index contributed by atoms with van der Waals surface area (Å²) >= 11 is 0. The van der Waals surface area contributed by atoms with Gasteiger partial charge in [-0.2, -0.15) is 9.61 Å². The van der Waals surface area contributed by atoms with Gasteiger partial charge in [0.2, 0.25) is 0 Å². The number of aliphatic hydroxyl groups is 1. The number of benzene rings is 1. The molecular formula is C25H32N4O3. The summed E-state index contributed by atoms with van der Waals surface area (Å²) < 4.78 is 7.22. The van der Waals surface area contributed by atoms with Gasteiger partial charge in [0.05, 0.1) is 23.4 Å². The molecule has 7 heteroatoms. The van der Waals surface area contributed by atoms with Crippen LogP contribution in [0.4, 0.5) is 5.82 Å². The van der Waals surface area contributed by atoms with E-state index in [0.717, 1.165) is 61.0 Å². The smallest absolute Gasteiger partial charge is 0.168 e. The van der Waals surface area contributed by atoms with Gasteiger partial charge in [0.25, 0.3) is 0 Å². The van der Waals surface area contributed by atoms with Crippen LogP contribution in [0.1, 0.15) is 54.0 Å². The van der Waals surface area contributed by atoms with Crippen LogP contribution in [0.25, 0.3) is 5.65 Å². The summed E-state index contributed by atoms with van der Waals surface area (Å²) in [5.74, 6) is 1.57. The molecular weight excluding hydrogens is 404 g/mol. The van der Waals surface area contributed by atoms with Gasteiger partial charge in [-0.15, -0.1) is 0 Å². The highest BCUT2D eigenvalue weighted by Crippen LogP contribution is 2.26.